The van der Waals surface area contributed by atoms with Gasteiger partial charge in [0, 0.05) is 12.8 Å². The molecule has 0 atom stereocenters. The first-order valence-corrected chi connectivity index (χ1v) is 3.13. The molecule has 0 bridgehead atoms. The van der Waals surface area contributed by atoms with E-state index in [2.05, 4.69) is 0 Å². The normalized spacial score (nSPS) is 12.7. The lowest BCUT2D eigenvalue weighted by Gasteiger charge is -2.08. The summed E-state index contributed by atoms with van der Waals surface area (Å²) in [4.78, 5) is 0. The summed E-state index contributed by atoms with van der Waals surface area (Å²) in [5.74, 6) is -3.63. The molecule has 0 aromatic heterocycles. The molecule has 0 aliphatic carbocycles. The molecule has 0 aromatic carbocycles. The van der Waals surface area contributed by atoms with Gasteiger partial charge in [-0.1, -0.05) is 0 Å². The highest BCUT2D eigenvalue weighted by molar-refractivity contribution is 4.90. The molecule has 0 saturated heterocycles. The second-order valence-corrected chi connectivity index (χ2v) is 2.28. The number of nitrogens with zero attached hydrogens (tertiary/aromatic N) is 1. The van der Waals surface area contributed by atoms with Crippen molar-refractivity contribution >= 4 is 0 Å². The molecular weight excluding hydrogens is 181 g/mol. The third-order valence-electron chi connectivity index (χ3n) is 1.11. The number of halogens is 5. The lowest BCUT2D eigenvalue weighted by Crippen LogP contribution is -2.15. The molecule has 0 aromatic rings. The Hall–Kier alpha value is -0.860. The Morgan fingerprint density at radius 1 is 1.00 bits per heavy atom. The van der Waals surface area contributed by atoms with Gasteiger partial charge in [0.05, 0.1) is 0 Å². The first-order chi connectivity index (χ1) is 5.27. The molecule has 6 heteroatoms. The third kappa shape index (κ3) is 5.89. The van der Waals surface area contributed by atoms with Crippen LogP contribution >= 0.6 is 0 Å². The van der Waals surface area contributed by atoms with Gasteiger partial charge in [0.2, 0.25) is 0 Å². The molecule has 0 saturated carbocycles. The second kappa shape index (κ2) is 3.70. The van der Waals surface area contributed by atoms with Gasteiger partial charge < -0.3 is 0 Å². The Morgan fingerprint density at radius 3 is 1.83 bits per heavy atom. The molecule has 0 aliphatic heterocycles. The van der Waals surface area contributed by atoms with E-state index in [1.165, 1.54) is 0 Å². The Morgan fingerprint density at radius 2 is 1.50 bits per heavy atom. The van der Waals surface area contributed by atoms with Crippen molar-refractivity contribution in [1.29, 1.82) is 5.26 Å². The molecule has 0 heterocycles. The molecular formula is C6H6F5N. The predicted molar refractivity (Wildman–Crippen MR) is 30.5 cm³/mol. The van der Waals surface area contributed by atoms with Crippen molar-refractivity contribution in [3.63, 3.8) is 0 Å². The van der Waals surface area contributed by atoms with Crippen LogP contribution in [0.4, 0.5) is 22.0 Å². The standard InChI is InChI=1S/C6H6F5N/c7-5(8,4-12)2-1-3-6(9,10)11/h1-3H2. The van der Waals surface area contributed by atoms with Gasteiger partial charge in [-0.2, -0.15) is 27.2 Å². The monoisotopic (exact) mass is 187 g/mol. The first-order valence-electron chi connectivity index (χ1n) is 3.13. The van der Waals surface area contributed by atoms with Crippen LogP contribution in [-0.4, -0.2) is 12.1 Å². The van der Waals surface area contributed by atoms with E-state index in [-0.39, 0.29) is 0 Å². The van der Waals surface area contributed by atoms with Crippen LogP contribution in [0.25, 0.3) is 0 Å². The predicted octanol–water partition coefficient (Wildman–Crippen LogP) is 2.88. The van der Waals surface area contributed by atoms with Crippen molar-refractivity contribution in [2.75, 3.05) is 0 Å². The molecule has 70 valence electrons. The number of alkyl halides is 5. The smallest absolute Gasteiger partial charge is 0.192 e. The third-order valence-corrected chi connectivity index (χ3v) is 1.11. The highest BCUT2D eigenvalue weighted by atomic mass is 19.4. The quantitative estimate of drug-likeness (QED) is 0.623. The average molecular weight is 187 g/mol. The van der Waals surface area contributed by atoms with Crippen molar-refractivity contribution < 1.29 is 22.0 Å². The molecule has 0 unspecified atom stereocenters. The highest BCUT2D eigenvalue weighted by Crippen LogP contribution is 2.26. The summed E-state index contributed by atoms with van der Waals surface area (Å²) in [5, 5.41) is 7.74. The first kappa shape index (κ1) is 11.1. The van der Waals surface area contributed by atoms with Gasteiger partial charge in [-0.25, -0.2) is 0 Å². The van der Waals surface area contributed by atoms with E-state index in [9.17, 15) is 22.0 Å². The summed E-state index contributed by atoms with van der Waals surface area (Å²) in [6.45, 7) is 0. The van der Waals surface area contributed by atoms with Gasteiger partial charge in [-0.05, 0) is 6.42 Å². The van der Waals surface area contributed by atoms with Gasteiger partial charge >= 0.3 is 12.1 Å². The van der Waals surface area contributed by atoms with Crippen LogP contribution in [0, 0.1) is 11.3 Å². The molecule has 0 spiro atoms. The number of hydrogen-bond donors (Lipinski definition) is 0. The second-order valence-electron chi connectivity index (χ2n) is 2.28. The van der Waals surface area contributed by atoms with E-state index < -0.39 is 31.4 Å². The maximum Gasteiger partial charge on any atom is 0.389 e. The van der Waals surface area contributed by atoms with E-state index >= 15 is 0 Å². The Kier molecular flexibility index (Phi) is 3.43. The molecule has 0 N–H and O–H groups in total. The van der Waals surface area contributed by atoms with Gasteiger partial charge in [0.1, 0.15) is 6.07 Å². The van der Waals surface area contributed by atoms with E-state index in [0.717, 1.165) is 0 Å². The molecule has 0 rings (SSSR count). The number of rotatable bonds is 3. The summed E-state index contributed by atoms with van der Waals surface area (Å²) in [7, 11) is 0. The number of hydrogen-bond acceptors (Lipinski definition) is 1. The lowest BCUT2D eigenvalue weighted by molar-refractivity contribution is -0.137. The zero-order chi connectivity index (χ0) is 9.83. The van der Waals surface area contributed by atoms with Crippen LogP contribution < -0.4 is 0 Å². The van der Waals surface area contributed by atoms with Crippen molar-refractivity contribution in [3.05, 3.63) is 0 Å². The fourth-order valence-electron chi connectivity index (χ4n) is 0.567. The molecule has 1 nitrogen and oxygen atoms in total. The summed E-state index contributed by atoms with van der Waals surface area (Å²) in [5.41, 5.74) is 0. The van der Waals surface area contributed by atoms with Crippen molar-refractivity contribution in [2.45, 2.75) is 31.4 Å². The molecule has 0 amide bonds. The van der Waals surface area contributed by atoms with E-state index in [1.54, 1.807) is 0 Å². The number of nitriles is 1. The fourth-order valence-corrected chi connectivity index (χ4v) is 0.567. The van der Waals surface area contributed by atoms with Gasteiger partial charge in [0.25, 0.3) is 0 Å². The average Bonchev–Trinajstić information content (AvgIpc) is 1.84. The van der Waals surface area contributed by atoms with E-state index in [1.807, 2.05) is 0 Å². The summed E-state index contributed by atoms with van der Waals surface area (Å²) < 4.78 is 58.2. The van der Waals surface area contributed by atoms with Crippen molar-refractivity contribution in [1.82, 2.24) is 0 Å². The van der Waals surface area contributed by atoms with Crippen LogP contribution in [0.3, 0.4) is 0 Å². The minimum Gasteiger partial charge on any atom is -0.192 e. The summed E-state index contributed by atoms with van der Waals surface area (Å²) >= 11 is 0. The fraction of sp³-hybridized carbons (Fsp3) is 0.833. The van der Waals surface area contributed by atoms with Crippen molar-refractivity contribution in [3.8, 4) is 6.07 Å². The zero-order valence-electron chi connectivity index (χ0n) is 5.96. The van der Waals surface area contributed by atoms with Crippen LogP contribution in [0.15, 0.2) is 0 Å². The minimum atomic E-state index is -4.43. The summed E-state index contributed by atoms with van der Waals surface area (Å²) in [6.07, 6.45) is -7.46. The van der Waals surface area contributed by atoms with Crippen LogP contribution in [0.5, 0.6) is 0 Å². The SMILES string of the molecule is N#CC(F)(F)CCCC(F)(F)F. The minimum absolute atomic E-state index is 0.627. The Balaban J connectivity index is 3.66. The molecule has 0 fully saturated rings. The topological polar surface area (TPSA) is 23.8 Å². The Labute approximate surface area is 65.8 Å². The lowest BCUT2D eigenvalue weighted by atomic mass is 10.1. The van der Waals surface area contributed by atoms with Gasteiger partial charge in [-0.15, -0.1) is 0 Å². The van der Waals surface area contributed by atoms with Crippen LogP contribution in [-0.2, 0) is 0 Å². The maximum atomic E-state index is 12.0. The summed E-state index contributed by atoms with van der Waals surface area (Å²) in [6, 6.07) is 0.627. The maximum absolute atomic E-state index is 12.0. The highest BCUT2D eigenvalue weighted by Gasteiger charge is 2.32. The largest absolute Gasteiger partial charge is 0.389 e. The molecule has 0 aliphatic rings. The van der Waals surface area contributed by atoms with Gasteiger partial charge in [0.15, 0.2) is 0 Å². The van der Waals surface area contributed by atoms with Crippen LogP contribution in [0.1, 0.15) is 19.3 Å². The zero-order valence-corrected chi connectivity index (χ0v) is 5.96. The van der Waals surface area contributed by atoms with Crippen LogP contribution in [0.2, 0.25) is 0 Å². The molecule has 12 heavy (non-hydrogen) atoms. The van der Waals surface area contributed by atoms with Gasteiger partial charge in [-0.3, -0.25) is 0 Å². The van der Waals surface area contributed by atoms with E-state index in [4.69, 9.17) is 5.26 Å². The van der Waals surface area contributed by atoms with Crippen molar-refractivity contribution in [2.24, 2.45) is 0 Å². The molecule has 0 radical (unpaired) electrons. The Bertz CT molecular complexity index is 177. The van der Waals surface area contributed by atoms with E-state index in [0.29, 0.717) is 6.07 Å².